The van der Waals surface area contributed by atoms with Crippen molar-refractivity contribution in [1.29, 1.82) is 0 Å². The summed E-state index contributed by atoms with van der Waals surface area (Å²) in [5, 5.41) is -0.0329. The second-order valence-corrected chi connectivity index (χ2v) is 4.80. The molecule has 0 saturated carbocycles. The maximum Gasteiger partial charge on any atom is 0.358 e. The fraction of sp³-hybridized carbons (Fsp3) is 0.0588. The van der Waals surface area contributed by atoms with Crippen LogP contribution < -0.4 is 5.73 Å². The maximum absolute atomic E-state index is 14.3. The topological polar surface area (TPSA) is 65.2 Å². The molecule has 0 saturated heterocycles. The highest BCUT2D eigenvalue weighted by molar-refractivity contribution is 6.35. The number of carbonyl (C=O) groups is 1. The first-order valence-corrected chi connectivity index (χ1v) is 6.82. The van der Waals surface area contributed by atoms with E-state index < -0.39 is 11.8 Å². The molecule has 0 radical (unpaired) electrons. The Morgan fingerprint density at radius 2 is 2.22 bits per heavy atom. The van der Waals surface area contributed by atoms with Crippen molar-refractivity contribution in [2.75, 3.05) is 12.8 Å². The van der Waals surface area contributed by atoms with Crippen LogP contribution in [-0.4, -0.2) is 18.1 Å². The first kappa shape index (κ1) is 16.5. The largest absolute Gasteiger partial charge is 0.464 e. The Kier molecular flexibility index (Phi) is 4.99. The number of esters is 1. The fourth-order valence-electron chi connectivity index (χ4n) is 1.85. The number of nitrogens with zero attached hydrogens (tertiary/aromatic N) is 1. The highest BCUT2D eigenvalue weighted by atomic mass is 35.5. The predicted molar refractivity (Wildman–Crippen MR) is 87.5 cm³/mol. The second-order valence-electron chi connectivity index (χ2n) is 4.42. The minimum Gasteiger partial charge on any atom is -0.464 e. The van der Waals surface area contributed by atoms with E-state index in [1.807, 2.05) is 0 Å². The van der Waals surface area contributed by atoms with Crippen molar-refractivity contribution >= 4 is 23.3 Å². The molecule has 116 valence electrons. The van der Waals surface area contributed by atoms with Crippen LogP contribution >= 0.6 is 11.6 Å². The van der Waals surface area contributed by atoms with E-state index in [1.165, 1.54) is 31.4 Å². The number of hydrogen-bond donors (Lipinski definition) is 1. The smallest absolute Gasteiger partial charge is 0.358 e. The summed E-state index contributed by atoms with van der Waals surface area (Å²) < 4.78 is 18.9. The van der Waals surface area contributed by atoms with Crippen LogP contribution in [-0.2, 0) is 4.74 Å². The number of anilines is 1. The summed E-state index contributed by atoms with van der Waals surface area (Å²) in [5.74, 6) is 4.05. The van der Waals surface area contributed by atoms with Crippen LogP contribution in [0.1, 0.15) is 16.1 Å². The summed E-state index contributed by atoms with van der Waals surface area (Å²) in [6.45, 7) is 3.47. The van der Waals surface area contributed by atoms with Gasteiger partial charge in [-0.05, 0) is 30.3 Å². The summed E-state index contributed by atoms with van der Waals surface area (Å²) in [4.78, 5) is 15.7. The zero-order valence-electron chi connectivity index (χ0n) is 12.2. The molecule has 0 spiro atoms. The van der Waals surface area contributed by atoms with E-state index in [4.69, 9.17) is 17.3 Å². The molecule has 2 aromatic rings. The fourth-order valence-corrected chi connectivity index (χ4v) is 2.03. The Hall–Kier alpha value is -2.84. The van der Waals surface area contributed by atoms with E-state index in [1.54, 1.807) is 6.07 Å². The van der Waals surface area contributed by atoms with E-state index in [-0.39, 0.29) is 27.7 Å². The highest BCUT2D eigenvalue weighted by Crippen LogP contribution is 2.30. The van der Waals surface area contributed by atoms with Crippen LogP contribution in [0, 0.1) is 17.7 Å². The van der Waals surface area contributed by atoms with Crippen molar-refractivity contribution in [3.05, 3.63) is 59.0 Å². The van der Waals surface area contributed by atoms with Gasteiger partial charge in [-0.3, -0.25) is 0 Å². The van der Waals surface area contributed by atoms with Crippen molar-refractivity contribution in [1.82, 2.24) is 4.98 Å². The number of pyridine rings is 1. The lowest BCUT2D eigenvalue weighted by atomic mass is 10.1. The molecule has 6 heteroatoms. The van der Waals surface area contributed by atoms with Crippen molar-refractivity contribution in [2.45, 2.75) is 0 Å². The molecule has 0 atom stereocenters. The Morgan fingerprint density at radius 3 is 2.83 bits per heavy atom. The van der Waals surface area contributed by atoms with Crippen molar-refractivity contribution in [2.24, 2.45) is 0 Å². The van der Waals surface area contributed by atoms with E-state index >= 15 is 0 Å². The molecule has 4 nitrogen and oxygen atoms in total. The van der Waals surface area contributed by atoms with Crippen LogP contribution in [0.5, 0.6) is 0 Å². The molecule has 1 heterocycles. The normalized spacial score (nSPS) is 9.70. The zero-order chi connectivity index (χ0) is 17.0. The van der Waals surface area contributed by atoms with Gasteiger partial charge in [0.25, 0.3) is 0 Å². The average Bonchev–Trinajstić information content (AvgIpc) is 2.54. The molecule has 2 rings (SSSR count). The van der Waals surface area contributed by atoms with Crippen molar-refractivity contribution < 1.29 is 13.9 Å². The van der Waals surface area contributed by atoms with E-state index in [0.29, 0.717) is 5.56 Å². The van der Waals surface area contributed by atoms with Crippen LogP contribution in [0.15, 0.2) is 36.9 Å². The number of hydrogen-bond acceptors (Lipinski definition) is 4. The van der Waals surface area contributed by atoms with Crippen LogP contribution in [0.3, 0.4) is 0 Å². The summed E-state index contributed by atoms with van der Waals surface area (Å²) in [5.41, 5.74) is 6.53. The number of ether oxygens (including phenoxy) is 1. The Balaban J connectivity index is 2.56. The molecule has 1 aromatic carbocycles. The third-order valence-corrected chi connectivity index (χ3v) is 3.33. The number of benzene rings is 1. The number of methoxy groups -OCH3 is 1. The molecule has 0 aliphatic carbocycles. The third-order valence-electron chi connectivity index (χ3n) is 2.93. The SMILES string of the molecule is C=CC#Cc1ccc(-c2cc(N)c(Cl)c(C(=O)OC)n2)c(F)c1. The van der Waals surface area contributed by atoms with Gasteiger partial charge >= 0.3 is 5.97 Å². The lowest BCUT2D eigenvalue weighted by molar-refractivity contribution is 0.0594. The summed E-state index contributed by atoms with van der Waals surface area (Å²) in [7, 11) is 1.19. The molecule has 0 bridgehead atoms. The summed E-state index contributed by atoms with van der Waals surface area (Å²) in [6, 6.07) is 5.77. The second kappa shape index (κ2) is 6.95. The van der Waals surface area contributed by atoms with E-state index in [9.17, 15) is 9.18 Å². The minimum absolute atomic E-state index is 0.0329. The van der Waals surface area contributed by atoms with Crippen LogP contribution in [0.2, 0.25) is 5.02 Å². The van der Waals surface area contributed by atoms with Crippen molar-refractivity contribution in [3.63, 3.8) is 0 Å². The molecule has 0 fully saturated rings. The van der Waals surface area contributed by atoms with Gasteiger partial charge in [0, 0.05) is 11.1 Å². The number of halogens is 2. The number of allylic oxidation sites excluding steroid dienone is 1. The zero-order valence-corrected chi connectivity index (χ0v) is 12.9. The number of nitrogens with two attached hydrogens (primary N) is 1. The van der Waals surface area contributed by atoms with Gasteiger partial charge in [0.05, 0.1) is 23.5 Å². The first-order chi connectivity index (χ1) is 11.0. The summed E-state index contributed by atoms with van der Waals surface area (Å²) in [6.07, 6.45) is 1.41. The predicted octanol–water partition coefficient (Wildman–Crippen LogP) is 3.45. The Morgan fingerprint density at radius 1 is 1.48 bits per heavy atom. The first-order valence-electron chi connectivity index (χ1n) is 6.44. The van der Waals surface area contributed by atoms with Gasteiger partial charge in [-0.15, -0.1) is 0 Å². The van der Waals surface area contributed by atoms with Gasteiger partial charge in [-0.1, -0.05) is 30.0 Å². The standard InChI is InChI=1S/C17H12ClFN2O2/c1-3-4-5-10-6-7-11(12(19)8-10)14-9-13(20)15(18)16(21-14)17(22)23-2/h3,6-9H,1H2,2H3,(H2,20,21). The molecular weight excluding hydrogens is 319 g/mol. The average molecular weight is 331 g/mol. The number of aromatic nitrogens is 1. The number of carbonyl (C=O) groups excluding carboxylic acids is 1. The van der Waals surface area contributed by atoms with Crippen LogP contribution in [0.25, 0.3) is 11.3 Å². The van der Waals surface area contributed by atoms with Gasteiger partial charge in [0.15, 0.2) is 5.69 Å². The lowest BCUT2D eigenvalue weighted by Crippen LogP contribution is -2.08. The molecular formula is C17H12ClFN2O2. The Labute approximate surface area is 137 Å². The van der Waals surface area contributed by atoms with E-state index in [0.717, 1.165) is 0 Å². The lowest BCUT2D eigenvalue weighted by Gasteiger charge is -2.09. The Bertz CT molecular complexity index is 854. The van der Waals surface area contributed by atoms with Gasteiger partial charge in [0.1, 0.15) is 5.82 Å². The van der Waals surface area contributed by atoms with Gasteiger partial charge in [-0.25, -0.2) is 14.2 Å². The molecule has 23 heavy (non-hydrogen) atoms. The quantitative estimate of drug-likeness (QED) is 0.676. The van der Waals surface area contributed by atoms with Crippen molar-refractivity contribution in [3.8, 4) is 23.1 Å². The highest BCUT2D eigenvalue weighted by Gasteiger charge is 2.18. The molecule has 0 aliphatic rings. The molecule has 0 amide bonds. The van der Waals surface area contributed by atoms with Crippen LogP contribution in [0.4, 0.5) is 10.1 Å². The monoisotopic (exact) mass is 330 g/mol. The molecule has 0 unspecified atom stereocenters. The number of nitrogen functional groups attached to an aromatic ring is 1. The summed E-state index contributed by atoms with van der Waals surface area (Å²) >= 11 is 5.94. The molecule has 2 N–H and O–H groups in total. The third kappa shape index (κ3) is 3.50. The van der Waals surface area contributed by atoms with Gasteiger partial charge in [-0.2, -0.15) is 0 Å². The molecule has 1 aromatic heterocycles. The number of rotatable bonds is 2. The maximum atomic E-state index is 14.3. The minimum atomic E-state index is -0.752. The van der Waals surface area contributed by atoms with Gasteiger partial charge in [0.2, 0.25) is 0 Å². The van der Waals surface area contributed by atoms with E-state index in [2.05, 4.69) is 28.1 Å². The molecule has 0 aliphatic heterocycles. The van der Waals surface area contributed by atoms with Gasteiger partial charge < -0.3 is 10.5 Å².